The molecule has 0 saturated heterocycles. The first kappa shape index (κ1) is 26.9. The molecule has 1 aliphatic heterocycles. The number of aliphatic imine (C=N–C) groups is 1. The molecule has 0 aromatic heterocycles. The molecule has 0 bridgehead atoms. The summed E-state index contributed by atoms with van der Waals surface area (Å²) in [5.41, 5.74) is 8.54. The lowest BCUT2D eigenvalue weighted by atomic mass is 9.82. The molecule has 1 unspecified atom stereocenters. The summed E-state index contributed by atoms with van der Waals surface area (Å²) in [5.74, 6) is -0.0768. The Morgan fingerprint density at radius 2 is 1.76 bits per heavy atom. The molecule has 3 aromatic rings. The minimum absolute atomic E-state index is 0.153. The predicted molar refractivity (Wildman–Crippen MR) is 148 cm³/mol. The Bertz CT molecular complexity index is 1410. The van der Waals surface area contributed by atoms with Gasteiger partial charge in [0.05, 0.1) is 28.8 Å². The third kappa shape index (κ3) is 5.41. The van der Waals surface area contributed by atoms with Crippen LogP contribution < -0.4 is 5.73 Å². The van der Waals surface area contributed by atoms with E-state index in [4.69, 9.17) is 27.6 Å². The Morgan fingerprint density at radius 1 is 1.11 bits per heavy atom. The summed E-state index contributed by atoms with van der Waals surface area (Å²) in [6.07, 6.45) is 0.525. The summed E-state index contributed by atoms with van der Waals surface area (Å²) in [6, 6.07) is 23.8. The highest BCUT2D eigenvalue weighted by Gasteiger charge is 2.49. The topological polar surface area (TPSA) is 103 Å². The molecule has 1 heterocycles. The highest BCUT2D eigenvalue weighted by Crippen LogP contribution is 2.39. The number of hydrogen-bond donors (Lipinski definition) is 1. The summed E-state index contributed by atoms with van der Waals surface area (Å²) in [5, 5.41) is 9.31. The van der Waals surface area contributed by atoms with Crippen LogP contribution in [0.5, 0.6) is 0 Å². The molecule has 2 amide bonds. The van der Waals surface area contributed by atoms with Crippen molar-refractivity contribution in [3.8, 4) is 6.07 Å². The van der Waals surface area contributed by atoms with Gasteiger partial charge in [-0.25, -0.2) is 4.99 Å². The van der Waals surface area contributed by atoms with Gasteiger partial charge >= 0.3 is 0 Å². The van der Waals surface area contributed by atoms with Gasteiger partial charge < -0.3 is 10.6 Å². The first-order valence-electron chi connectivity index (χ1n) is 12.4. The monoisotopic (exact) mass is 527 g/mol. The zero-order valence-electron chi connectivity index (χ0n) is 21.7. The number of nitrogens with zero attached hydrogens (tertiary/aromatic N) is 4. The number of guanidine groups is 1. The van der Waals surface area contributed by atoms with Crippen LogP contribution in [-0.4, -0.2) is 34.6 Å². The number of benzene rings is 3. The van der Waals surface area contributed by atoms with E-state index < -0.39 is 5.54 Å². The molecule has 1 aliphatic rings. The third-order valence-electron chi connectivity index (χ3n) is 6.59. The van der Waals surface area contributed by atoms with Gasteiger partial charge in [-0.1, -0.05) is 74.0 Å². The lowest BCUT2D eigenvalue weighted by Crippen LogP contribution is -2.43. The summed E-state index contributed by atoms with van der Waals surface area (Å²) >= 11 is 6.42. The van der Waals surface area contributed by atoms with Gasteiger partial charge in [0.15, 0.2) is 11.5 Å². The first-order valence-corrected chi connectivity index (χ1v) is 12.8. The molecular weight excluding hydrogens is 498 g/mol. The van der Waals surface area contributed by atoms with Gasteiger partial charge in [-0.15, -0.1) is 0 Å². The summed E-state index contributed by atoms with van der Waals surface area (Å²) < 4.78 is 0. The van der Waals surface area contributed by atoms with Crippen molar-refractivity contribution >= 4 is 29.4 Å². The van der Waals surface area contributed by atoms with E-state index in [1.165, 1.54) is 4.90 Å². The molecule has 3 aromatic carbocycles. The Labute approximate surface area is 228 Å². The maximum absolute atomic E-state index is 13.8. The molecule has 4 rings (SSSR count). The normalized spacial score (nSPS) is 16.9. The van der Waals surface area contributed by atoms with E-state index in [2.05, 4.69) is 19.9 Å². The number of nitrogens with two attached hydrogens (primary N) is 1. The summed E-state index contributed by atoms with van der Waals surface area (Å²) in [6.45, 7) is 4.62. The van der Waals surface area contributed by atoms with Gasteiger partial charge in [-0.2, -0.15) is 5.26 Å². The van der Waals surface area contributed by atoms with E-state index >= 15 is 0 Å². The molecule has 2 N–H and O–H groups in total. The maximum Gasteiger partial charge on any atom is 0.262 e. The average molecular weight is 528 g/mol. The standard InChI is InChI=1S/C30H30ClN5O2/c1-20(2)16-30(24-7-5-4-6-8-24)28(38)36(29(33)34-30)19-23-13-14-26(31)25(15-23)27(37)35(3)18-22-11-9-21(17-32)10-12-22/h4-15,20H,16,18-19H2,1-3H3,(H2,33,34). The van der Waals surface area contributed by atoms with Crippen LogP contribution in [0.4, 0.5) is 0 Å². The van der Waals surface area contributed by atoms with E-state index in [1.54, 1.807) is 42.3 Å². The minimum atomic E-state index is -1.08. The van der Waals surface area contributed by atoms with Gasteiger partial charge in [-0.3, -0.25) is 14.5 Å². The third-order valence-corrected chi connectivity index (χ3v) is 6.92. The van der Waals surface area contributed by atoms with E-state index in [0.29, 0.717) is 34.7 Å². The first-order chi connectivity index (χ1) is 18.1. The molecule has 8 heteroatoms. The smallest absolute Gasteiger partial charge is 0.262 e. The maximum atomic E-state index is 13.8. The number of halogens is 1. The van der Waals surface area contributed by atoms with Crippen molar-refractivity contribution in [3.05, 3.63) is 106 Å². The van der Waals surface area contributed by atoms with E-state index in [0.717, 1.165) is 11.1 Å². The molecule has 0 fully saturated rings. The van der Waals surface area contributed by atoms with Crippen LogP contribution in [-0.2, 0) is 23.4 Å². The van der Waals surface area contributed by atoms with Crippen LogP contribution >= 0.6 is 11.6 Å². The van der Waals surface area contributed by atoms with Crippen molar-refractivity contribution in [2.24, 2.45) is 16.6 Å². The summed E-state index contributed by atoms with van der Waals surface area (Å²) in [7, 11) is 1.69. The fourth-order valence-electron chi connectivity index (χ4n) is 4.78. The van der Waals surface area contributed by atoms with Gasteiger partial charge in [0.1, 0.15) is 0 Å². The molecule has 0 radical (unpaired) electrons. The van der Waals surface area contributed by atoms with Crippen molar-refractivity contribution in [1.82, 2.24) is 9.80 Å². The highest BCUT2D eigenvalue weighted by atomic mass is 35.5. The Balaban J connectivity index is 1.56. The van der Waals surface area contributed by atoms with Crippen LogP contribution in [0.2, 0.25) is 5.02 Å². The molecule has 38 heavy (non-hydrogen) atoms. The van der Waals surface area contributed by atoms with Crippen LogP contribution in [0.1, 0.15) is 52.9 Å². The molecule has 0 aliphatic carbocycles. The average Bonchev–Trinajstić information content (AvgIpc) is 3.14. The van der Waals surface area contributed by atoms with Crippen molar-refractivity contribution in [2.75, 3.05) is 7.05 Å². The molecule has 0 saturated carbocycles. The van der Waals surface area contributed by atoms with Crippen LogP contribution in [0, 0.1) is 17.2 Å². The van der Waals surface area contributed by atoms with Crippen molar-refractivity contribution in [2.45, 2.75) is 38.9 Å². The molecule has 0 spiro atoms. The minimum Gasteiger partial charge on any atom is -0.369 e. The second kappa shape index (κ2) is 11.1. The number of amides is 2. The van der Waals surface area contributed by atoms with E-state index in [-0.39, 0.29) is 30.2 Å². The SMILES string of the molecule is CC(C)CC1(c2ccccc2)N=C(N)N(Cc2ccc(Cl)c(C(=O)N(C)Cc3ccc(C#N)cc3)c2)C1=O. The van der Waals surface area contributed by atoms with Crippen molar-refractivity contribution in [3.63, 3.8) is 0 Å². The van der Waals surface area contributed by atoms with E-state index in [9.17, 15) is 9.59 Å². The molecular formula is C30H30ClN5O2. The van der Waals surface area contributed by atoms with Gasteiger partial charge in [0.2, 0.25) is 0 Å². The Morgan fingerprint density at radius 3 is 2.39 bits per heavy atom. The van der Waals surface area contributed by atoms with Crippen molar-refractivity contribution < 1.29 is 9.59 Å². The zero-order chi connectivity index (χ0) is 27.4. The van der Waals surface area contributed by atoms with Gasteiger partial charge in [-0.05, 0) is 53.3 Å². The number of nitriles is 1. The number of carbonyl (C=O) groups is 2. The lowest BCUT2D eigenvalue weighted by molar-refractivity contribution is -0.132. The molecule has 194 valence electrons. The molecule has 7 nitrogen and oxygen atoms in total. The van der Waals surface area contributed by atoms with Gasteiger partial charge in [0, 0.05) is 13.6 Å². The highest BCUT2D eigenvalue weighted by molar-refractivity contribution is 6.33. The Hall–Kier alpha value is -4.15. The second-order valence-electron chi connectivity index (χ2n) is 9.97. The fraction of sp³-hybridized carbons (Fsp3) is 0.267. The van der Waals surface area contributed by atoms with Crippen LogP contribution in [0.15, 0.2) is 77.8 Å². The largest absolute Gasteiger partial charge is 0.369 e. The lowest BCUT2D eigenvalue weighted by Gasteiger charge is -2.28. The van der Waals surface area contributed by atoms with Crippen molar-refractivity contribution in [1.29, 1.82) is 5.26 Å². The van der Waals surface area contributed by atoms with Crippen LogP contribution in [0.25, 0.3) is 0 Å². The number of rotatable bonds is 8. The van der Waals surface area contributed by atoms with Crippen LogP contribution in [0.3, 0.4) is 0 Å². The second-order valence-corrected chi connectivity index (χ2v) is 10.4. The molecule has 1 atom stereocenters. The van der Waals surface area contributed by atoms with E-state index in [1.807, 2.05) is 42.5 Å². The predicted octanol–water partition coefficient (Wildman–Crippen LogP) is 5.08. The number of hydrogen-bond acceptors (Lipinski definition) is 5. The Kier molecular flexibility index (Phi) is 7.84. The fourth-order valence-corrected chi connectivity index (χ4v) is 4.98. The summed E-state index contributed by atoms with van der Waals surface area (Å²) in [4.78, 5) is 34.9. The van der Waals surface area contributed by atoms with Gasteiger partial charge in [0.25, 0.3) is 11.8 Å². The zero-order valence-corrected chi connectivity index (χ0v) is 22.4. The quantitative estimate of drug-likeness (QED) is 0.441. The number of carbonyl (C=O) groups excluding carboxylic acids is 2.